The molecule has 2 atom stereocenters. The molecular formula is C13H26N2O. The molecule has 0 aromatic carbocycles. The summed E-state index contributed by atoms with van der Waals surface area (Å²) in [4.78, 5) is 14.3. The van der Waals surface area contributed by atoms with Crippen LogP contribution in [0.1, 0.15) is 58.8 Å². The normalized spacial score (nSPS) is 23.9. The second-order valence-electron chi connectivity index (χ2n) is 4.84. The van der Waals surface area contributed by atoms with Crippen molar-refractivity contribution in [2.24, 2.45) is 5.73 Å². The first-order valence-corrected chi connectivity index (χ1v) is 6.76. The monoisotopic (exact) mass is 226 g/mol. The Kier molecular flexibility index (Phi) is 5.81. The van der Waals surface area contributed by atoms with Gasteiger partial charge < -0.3 is 10.6 Å². The summed E-state index contributed by atoms with van der Waals surface area (Å²) in [5.74, 6) is 0.176. The van der Waals surface area contributed by atoms with E-state index in [1.54, 1.807) is 0 Å². The van der Waals surface area contributed by atoms with Gasteiger partial charge in [-0.1, -0.05) is 33.1 Å². The van der Waals surface area contributed by atoms with Crippen molar-refractivity contribution in [3.63, 3.8) is 0 Å². The van der Waals surface area contributed by atoms with Crippen LogP contribution in [0, 0.1) is 0 Å². The Morgan fingerprint density at radius 3 is 2.75 bits per heavy atom. The molecule has 1 aliphatic heterocycles. The molecule has 16 heavy (non-hydrogen) atoms. The van der Waals surface area contributed by atoms with Crippen molar-refractivity contribution in [3.05, 3.63) is 0 Å². The number of carbonyl (C=O) groups excluding carboxylic acids is 1. The largest absolute Gasteiger partial charge is 0.338 e. The molecule has 94 valence electrons. The van der Waals surface area contributed by atoms with E-state index in [2.05, 4.69) is 13.8 Å². The van der Waals surface area contributed by atoms with E-state index in [-0.39, 0.29) is 11.9 Å². The first-order chi connectivity index (χ1) is 7.70. The van der Waals surface area contributed by atoms with Gasteiger partial charge in [0, 0.05) is 12.6 Å². The quantitative estimate of drug-likeness (QED) is 0.799. The number of nitrogens with zero attached hydrogens (tertiary/aromatic N) is 1. The third kappa shape index (κ3) is 3.48. The molecule has 1 heterocycles. The maximum absolute atomic E-state index is 12.2. The molecule has 1 amide bonds. The van der Waals surface area contributed by atoms with Gasteiger partial charge in [0.2, 0.25) is 5.91 Å². The van der Waals surface area contributed by atoms with Crippen LogP contribution in [0.4, 0.5) is 0 Å². The third-order valence-electron chi connectivity index (χ3n) is 3.55. The predicted molar refractivity (Wildman–Crippen MR) is 67.1 cm³/mol. The first-order valence-electron chi connectivity index (χ1n) is 6.76. The number of nitrogens with two attached hydrogens (primary N) is 1. The van der Waals surface area contributed by atoms with Crippen LogP contribution in [0.3, 0.4) is 0 Å². The van der Waals surface area contributed by atoms with E-state index in [1.807, 2.05) is 4.90 Å². The summed E-state index contributed by atoms with van der Waals surface area (Å²) in [5.41, 5.74) is 5.94. The van der Waals surface area contributed by atoms with Crippen molar-refractivity contribution in [1.29, 1.82) is 0 Å². The van der Waals surface area contributed by atoms with Crippen molar-refractivity contribution in [2.75, 3.05) is 6.54 Å². The minimum absolute atomic E-state index is 0.176. The summed E-state index contributed by atoms with van der Waals surface area (Å²) in [6, 6.07) is 0.148. The number of carbonyl (C=O) groups is 1. The van der Waals surface area contributed by atoms with Crippen LogP contribution in [-0.2, 0) is 4.79 Å². The summed E-state index contributed by atoms with van der Waals surface area (Å²) < 4.78 is 0. The smallest absolute Gasteiger partial charge is 0.239 e. The van der Waals surface area contributed by atoms with E-state index >= 15 is 0 Å². The molecular weight excluding hydrogens is 200 g/mol. The van der Waals surface area contributed by atoms with Gasteiger partial charge in [0.25, 0.3) is 0 Å². The molecule has 0 aromatic rings. The van der Waals surface area contributed by atoms with Crippen LogP contribution < -0.4 is 5.73 Å². The Bertz CT molecular complexity index is 218. The minimum atomic E-state index is -0.280. The van der Waals surface area contributed by atoms with Gasteiger partial charge in [0.1, 0.15) is 0 Å². The lowest BCUT2D eigenvalue weighted by Gasteiger charge is -2.31. The molecule has 0 aliphatic carbocycles. The average Bonchev–Trinajstić information content (AvgIpc) is 2.53. The third-order valence-corrected chi connectivity index (χ3v) is 3.55. The maximum Gasteiger partial charge on any atom is 0.239 e. The Morgan fingerprint density at radius 1 is 1.38 bits per heavy atom. The van der Waals surface area contributed by atoms with Gasteiger partial charge >= 0.3 is 0 Å². The van der Waals surface area contributed by atoms with Gasteiger partial charge in [-0.05, 0) is 25.7 Å². The molecule has 2 unspecified atom stereocenters. The van der Waals surface area contributed by atoms with Gasteiger partial charge in [-0.25, -0.2) is 0 Å². The summed E-state index contributed by atoms with van der Waals surface area (Å²) in [5, 5.41) is 0. The lowest BCUT2D eigenvalue weighted by molar-refractivity contribution is -0.135. The van der Waals surface area contributed by atoms with Crippen LogP contribution in [0.25, 0.3) is 0 Å². The molecule has 0 radical (unpaired) electrons. The van der Waals surface area contributed by atoms with E-state index in [1.165, 1.54) is 12.8 Å². The summed E-state index contributed by atoms with van der Waals surface area (Å²) >= 11 is 0. The topological polar surface area (TPSA) is 46.3 Å². The fourth-order valence-corrected chi connectivity index (χ4v) is 2.54. The van der Waals surface area contributed by atoms with E-state index in [0.717, 1.165) is 38.6 Å². The number of rotatable bonds is 4. The highest BCUT2D eigenvalue weighted by Gasteiger charge is 2.27. The zero-order valence-corrected chi connectivity index (χ0v) is 10.7. The number of hydrogen-bond acceptors (Lipinski definition) is 2. The Balaban J connectivity index is 2.62. The lowest BCUT2D eigenvalue weighted by Crippen LogP contribution is -2.48. The van der Waals surface area contributed by atoms with Crippen LogP contribution in [0.2, 0.25) is 0 Å². The molecule has 0 aromatic heterocycles. The lowest BCUT2D eigenvalue weighted by atomic mass is 10.1. The number of hydrogen-bond donors (Lipinski definition) is 1. The van der Waals surface area contributed by atoms with Gasteiger partial charge in [0.05, 0.1) is 6.04 Å². The summed E-state index contributed by atoms with van der Waals surface area (Å²) in [6.45, 7) is 5.16. The SMILES string of the molecule is CCCC(N)C(=O)N1CCCCCC1CC. The Hall–Kier alpha value is -0.570. The number of likely N-dealkylation sites (tertiary alicyclic amines) is 1. The van der Waals surface area contributed by atoms with E-state index in [9.17, 15) is 4.79 Å². The maximum atomic E-state index is 12.2. The molecule has 1 fully saturated rings. The second kappa shape index (κ2) is 6.89. The average molecular weight is 226 g/mol. The van der Waals surface area contributed by atoms with Gasteiger partial charge in [-0.2, -0.15) is 0 Å². The molecule has 3 nitrogen and oxygen atoms in total. The van der Waals surface area contributed by atoms with Crippen LogP contribution in [0.15, 0.2) is 0 Å². The van der Waals surface area contributed by atoms with E-state index < -0.39 is 0 Å². The molecule has 3 heteroatoms. The van der Waals surface area contributed by atoms with Gasteiger partial charge in [-0.3, -0.25) is 4.79 Å². The van der Waals surface area contributed by atoms with Crippen LogP contribution >= 0.6 is 0 Å². The van der Waals surface area contributed by atoms with Gasteiger partial charge in [-0.15, -0.1) is 0 Å². The minimum Gasteiger partial charge on any atom is -0.338 e. The summed E-state index contributed by atoms with van der Waals surface area (Å²) in [7, 11) is 0. The molecule has 1 aliphatic rings. The predicted octanol–water partition coefficient (Wildman–Crippen LogP) is 2.29. The zero-order valence-electron chi connectivity index (χ0n) is 10.7. The molecule has 0 spiro atoms. The van der Waals surface area contributed by atoms with Gasteiger partial charge in [0.15, 0.2) is 0 Å². The first kappa shape index (κ1) is 13.5. The van der Waals surface area contributed by atoms with E-state index in [4.69, 9.17) is 5.73 Å². The molecule has 2 N–H and O–H groups in total. The van der Waals surface area contributed by atoms with Crippen molar-refractivity contribution >= 4 is 5.91 Å². The molecule has 1 rings (SSSR count). The number of amides is 1. The Morgan fingerprint density at radius 2 is 2.12 bits per heavy atom. The fourth-order valence-electron chi connectivity index (χ4n) is 2.54. The standard InChI is InChI=1S/C13H26N2O/c1-3-8-12(14)13(16)15-10-7-5-6-9-11(15)4-2/h11-12H,3-10,14H2,1-2H3. The molecule has 0 saturated carbocycles. The Labute approximate surface area is 99.4 Å². The zero-order chi connectivity index (χ0) is 12.0. The van der Waals surface area contributed by atoms with Crippen molar-refractivity contribution < 1.29 is 4.79 Å². The molecule has 1 saturated heterocycles. The van der Waals surface area contributed by atoms with E-state index in [0.29, 0.717) is 6.04 Å². The van der Waals surface area contributed by atoms with Crippen molar-refractivity contribution in [1.82, 2.24) is 4.90 Å². The van der Waals surface area contributed by atoms with Crippen molar-refractivity contribution in [2.45, 2.75) is 70.9 Å². The molecule has 0 bridgehead atoms. The van der Waals surface area contributed by atoms with Crippen LogP contribution in [0.5, 0.6) is 0 Å². The van der Waals surface area contributed by atoms with Crippen molar-refractivity contribution in [3.8, 4) is 0 Å². The highest BCUT2D eigenvalue weighted by Crippen LogP contribution is 2.20. The fraction of sp³-hybridized carbons (Fsp3) is 0.923. The highest BCUT2D eigenvalue weighted by atomic mass is 16.2. The highest BCUT2D eigenvalue weighted by molar-refractivity contribution is 5.81. The second-order valence-corrected chi connectivity index (χ2v) is 4.84. The van der Waals surface area contributed by atoms with Crippen LogP contribution in [-0.4, -0.2) is 29.4 Å². The summed E-state index contributed by atoms with van der Waals surface area (Å²) in [6.07, 6.45) is 7.66.